The zero-order valence-corrected chi connectivity index (χ0v) is 14.3. The smallest absolute Gasteiger partial charge is 0.192 e. The number of rotatable bonds is 2. The summed E-state index contributed by atoms with van der Waals surface area (Å²) < 4.78 is 0. The van der Waals surface area contributed by atoms with E-state index in [1.165, 1.54) is 0 Å². The second-order valence-electron chi connectivity index (χ2n) is 6.56. The molecule has 2 atom stereocenters. The number of carbonyl (C=O) groups is 1. The fourth-order valence-corrected chi connectivity index (χ4v) is 3.66. The van der Waals surface area contributed by atoms with Crippen LogP contribution in [0.5, 0.6) is 0 Å². The van der Waals surface area contributed by atoms with Crippen LogP contribution in [0.25, 0.3) is 11.0 Å². The molecule has 2 aliphatic rings. The van der Waals surface area contributed by atoms with Crippen molar-refractivity contribution in [1.29, 1.82) is 5.26 Å². The van der Waals surface area contributed by atoms with Crippen molar-refractivity contribution in [2.24, 2.45) is 0 Å². The Morgan fingerprint density at radius 2 is 1.70 bits per heavy atom. The van der Waals surface area contributed by atoms with Crippen molar-refractivity contribution in [3.05, 3.63) is 89.8 Å². The van der Waals surface area contributed by atoms with E-state index >= 15 is 0 Å². The summed E-state index contributed by atoms with van der Waals surface area (Å²) in [5.41, 5.74) is 3.44. The molecule has 3 aromatic rings. The molecule has 2 aliphatic heterocycles. The number of nitriles is 1. The van der Waals surface area contributed by atoms with Crippen molar-refractivity contribution in [3.63, 3.8) is 0 Å². The minimum atomic E-state index is -0.472. The third-order valence-electron chi connectivity index (χ3n) is 4.98. The van der Waals surface area contributed by atoms with E-state index in [1.54, 1.807) is 18.2 Å². The van der Waals surface area contributed by atoms with E-state index in [9.17, 15) is 10.1 Å². The minimum Gasteiger partial charge on any atom is -0.323 e. The molecule has 0 radical (unpaired) electrons. The zero-order chi connectivity index (χ0) is 18.4. The summed E-state index contributed by atoms with van der Waals surface area (Å²) >= 11 is 0. The van der Waals surface area contributed by atoms with Crippen LogP contribution in [0.15, 0.2) is 78.5 Å². The van der Waals surface area contributed by atoms with E-state index in [-0.39, 0.29) is 11.8 Å². The lowest BCUT2D eigenvalue weighted by molar-refractivity contribution is 0.103. The maximum absolute atomic E-state index is 12.8. The van der Waals surface area contributed by atoms with Crippen LogP contribution in [0.4, 0.5) is 5.82 Å². The predicted molar refractivity (Wildman–Crippen MR) is 102 cm³/mol. The van der Waals surface area contributed by atoms with Gasteiger partial charge in [-0.2, -0.15) is 5.26 Å². The first-order valence-corrected chi connectivity index (χ1v) is 8.70. The number of benzene rings is 2. The predicted octanol–water partition coefficient (Wildman–Crippen LogP) is 3.76. The summed E-state index contributed by atoms with van der Waals surface area (Å²) in [7, 11) is 0. The number of para-hydroxylation sites is 2. The molecule has 0 aliphatic carbocycles. The van der Waals surface area contributed by atoms with E-state index in [1.807, 2.05) is 59.6 Å². The van der Waals surface area contributed by atoms with Crippen molar-refractivity contribution >= 4 is 22.6 Å². The lowest BCUT2D eigenvalue weighted by Crippen LogP contribution is -2.31. The molecule has 5 rings (SSSR count). The number of fused-ring (bicyclic) bond motifs is 4. The highest BCUT2D eigenvalue weighted by molar-refractivity contribution is 6.11. The van der Waals surface area contributed by atoms with Crippen molar-refractivity contribution in [1.82, 2.24) is 9.97 Å². The van der Waals surface area contributed by atoms with Crippen molar-refractivity contribution in [2.45, 2.75) is 12.0 Å². The molecule has 0 spiro atoms. The number of Topliss-reactive ketones (excluding diaryl/α,β-unsaturated/α-hetero) is 1. The molecule has 0 N–H and O–H groups in total. The van der Waals surface area contributed by atoms with Gasteiger partial charge in [0.1, 0.15) is 11.6 Å². The number of hydrogen-bond donors (Lipinski definition) is 0. The number of nitrogens with zero attached hydrogens (tertiary/aromatic N) is 4. The fraction of sp³-hybridized carbons (Fsp3) is 0.0909. The first-order chi connectivity index (χ1) is 13.3. The molecule has 27 heavy (non-hydrogen) atoms. The van der Waals surface area contributed by atoms with Crippen molar-refractivity contribution in [3.8, 4) is 6.07 Å². The molecule has 0 saturated heterocycles. The third-order valence-corrected chi connectivity index (χ3v) is 4.98. The molecule has 5 nitrogen and oxygen atoms in total. The van der Waals surface area contributed by atoms with Gasteiger partial charge in [0.05, 0.1) is 23.1 Å². The Morgan fingerprint density at radius 1 is 1.00 bits per heavy atom. The van der Waals surface area contributed by atoms with Gasteiger partial charge in [0.25, 0.3) is 0 Å². The average molecular weight is 350 g/mol. The highest BCUT2D eigenvalue weighted by Crippen LogP contribution is 2.42. The van der Waals surface area contributed by atoms with Gasteiger partial charge in [0, 0.05) is 17.3 Å². The van der Waals surface area contributed by atoms with E-state index in [4.69, 9.17) is 4.98 Å². The van der Waals surface area contributed by atoms with Gasteiger partial charge in [0.15, 0.2) is 11.6 Å². The molecule has 128 valence electrons. The van der Waals surface area contributed by atoms with Gasteiger partial charge in [-0.3, -0.25) is 4.79 Å². The maximum Gasteiger partial charge on any atom is 0.192 e. The van der Waals surface area contributed by atoms with Crippen LogP contribution in [0.1, 0.15) is 22.0 Å². The molecular weight excluding hydrogens is 336 g/mol. The van der Waals surface area contributed by atoms with Crippen molar-refractivity contribution in [2.75, 3.05) is 4.90 Å². The number of hydrogen-bond acceptors (Lipinski definition) is 5. The average Bonchev–Trinajstić information content (AvgIpc) is 3.04. The molecule has 0 fully saturated rings. The highest BCUT2D eigenvalue weighted by atomic mass is 16.1. The second-order valence-corrected chi connectivity index (χ2v) is 6.56. The summed E-state index contributed by atoms with van der Waals surface area (Å²) in [4.78, 5) is 24.1. The Morgan fingerprint density at radius 3 is 2.44 bits per heavy atom. The number of aromatic nitrogens is 2. The van der Waals surface area contributed by atoms with Gasteiger partial charge in [0.2, 0.25) is 0 Å². The maximum atomic E-state index is 12.8. The monoisotopic (exact) mass is 350 g/mol. The molecule has 0 saturated carbocycles. The molecule has 1 aromatic heterocycles. The Bertz CT molecular complexity index is 1170. The summed E-state index contributed by atoms with van der Waals surface area (Å²) in [5, 5.41) is 9.78. The topological polar surface area (TPSA) is 69.9 Å². The molecule has 5 heteroatoms. The summed E-state index contributed by atoms with van der Waals surface area (Å²) in [6, 6.07) is 18.8. The number of carbonyl (C=O) groups excluding carboxylic acids is 1. The fourth-order valence-electron chi connectivity index (χ4n) is 3.66. The Labute approximate surface area is 155 Å². The lowest BCUT2D eigenvalue weighted by atomic mass is 9.94. The van der Waals surface area contributed by atoms with Gasteiger partial charge in [-0.15, -0.1) is 0 Å². The lowest BCUT2D eigenvalue weighted by Gasteiger charge is -2.25. The molecule has 0 amide bonds. The molecular formula is C22H14N4O. The van der Waals surface area contributed by atoms with Crippen LogP contribution in [0.3, 0.4) is 0 Å². The van der Waals surface area contributed by atoms with E-state index in [0.29, 0.717) is 22.6 Å². The van der Waals surface area contributed by atoms with Crippen LogP contribution < -0.4 is 4.90 Å². The van der Waals surface area contributed by atoms with Crippen LogP contribution in [0, 0.1) is 11.3 Å². The van der Waals surface area contributed by atoms with E-state index in [2.05, 4.69) is 11.1 Å². The normalized spacial score (nSPS) is 20.0. The summed E-state index contributed by atoms with van der Waals surface area (Å²) in [5.74, 6) is 0.162. The highest BCUT2D eigenvalue weighted by Gasteiger charge is 2.41. The van der Waals surface area contributed by atoms with Crippen LogP contribution >= 0.6 is 0 Å². The first-order valence-electron chi connectivity index (χ1n) is 8.70. The van der Waals surface area contributed by atoms with Crippen LogP contribution in [0.2, 0.25) is 0 Å². The Hall–Kier alpha value is -3.78. The largest absolute Gasteiger partial charge is 0.323 e. The minimum absolute atomic E-state index is 0.0507. The quantitative estimate of drug-likeness (QED) is 0.658. The number of ketones is 1. The van der Waals surface area contributed by atoms with E-state index < -0.39 is 5.92 Å². The van der Waals surface area contributed by atoms with Gasteiger partial charge in [-0.25, -0.2) is 9.97 Å². The number of allylic oxidation sites excluding steroid dienone is 2. The second kappa shape index (κ2) is 5.89. The molecule has 0 bridgehead atoms. The first kappa shape index (κ1) is 15.5. The summed E-state index contributed by atoms with van der Waals surface area (Å²) in [6.45, 7) is 0. The van der Waals surface area contributed by atoms with Crippen LogP contribution in [-0.2, 0) is 0 Å². The molecule has 2 aromatic carbocycles. The molecule has 3 heterocycles. The third kappa shape index (κ3) is 2.35. The van der Waals surface area contributed by atoms with Gasteiger partial charge >= 0.3 is 0 Å². The Balaban J connectivity index is 1.59. The van der Waals surface area contributed by atoms with E-state index in [0.717, 1.165) is 11.0 Å². The van der Waals surface area contributed by atoms with Gasteiger partial charge in [-0.05, 0) is 24.3 Å². The van der Waals surface area contributed by atoms with Gasteiger partial charge in [-0.1, -0.05) is 42.5 Å². The zero-order valence-electron chi connectivity index (χ0n) is 14.3. The SMILES string of the molecule is N#CC1c2nc3ccccc3nc2N2C=CC(C(=O)c3ccccc3)=CC12. The summed E-state index contributed by atoms with van der Waals surface area (Å²) in [6.07, 6.45) is 5.48. The van der Waals surface area contributed by atoms with Crippen LogP contribution in [-0.4, -0.2) is 21.8 Å². The number of anilines is 1. The van der Waals surface area contributed by atoms with Crippen molar-refractivity contribution < 1.29 is 4.79 Å². The molecule has 2 unspecified atom stereocenters. The standard InChI is InChI=1S/C22H14N4O/c23-13-16-19-12-15(21(27)14-6-2-1-3-7-14)10-11-26(19)22-20(16)24-17-8-4-5-9-18(17)25-22/h1-12,16,19H. The van der Waals surface area contributed by atoms with Gasteiger partial charge < -0.3 is 4.90 Å². The Kier molecular flexibility index (Phi) is 3.37.